The summed E-state index contributed by atoms with van der Waals surface area (Å²) in [6.07, 6.45) is 10.4. The van der Waals surface area contributed by atoms with E-state index in [2.05, 4.69) is 23.2 Å². The summed E-state index contributed by atoms with van der Waals surface area (Å²) in [6, 6.07) is 3.74. The third-order valence-corrected chi connectivity index (χ3v) is 7.77. The van der Waals surface area contributed by atoms with Crippen LogP contribution in [0.3, 0.4) is 0 Å². The smallest absolute Gasteiger partial charge is 0.125 e. The third-order valence-electron chi connectivity index (χ3n) is 7.77. The number of ether oxygens (including phenoxy) is 1. The Hall–Kier alpha value is -1.04. The van der Waals surface area contributed by atoms with E-state index in [0.717, 1.165) is 31.5 Å². The molecule has 6 rings (SSSR count). The van der Waals surface area contributed by atoms with Gasteiger partial charge in [0.25, 0.3) is 0 Å². The van der Waals surface area contributed by atoms with Gasteiger partial charge in [-0.2, -0.15) is 0 Å². The molecule has 0 radical (unpaired) electrons. The van der Waals surface area contributed by atoms with Gasteiger partial charge < -0.3 is 10.1 Å². The number of rotatable bonds is 5. The molecule has 5 heterocycles. The lowest BCUT2D eigenvalue weighted by Gasteiger charge is -2.50. The van der Waals surface area contributed by atoms with Crippen molar-refractivity contribution < 1.29 is 4.74 Å². The van der Waals surface area contributed by atoms with Crippen molar-refractivity contribution in [2.75, 3.05) is 32.8 Å². The highest BCUT2D eigenvalue weighted by Gasteiger charge is 2.41. The summed E-state index contributed by atoms with van der Waals surface area (Å²) >= 11 is 0. The molecule has 5 fully saturated rings. The van der Waals surface area contributed by atoms with E-state index in [1.54, 1.807) is 0 Å². The lowest BCUT2D eigenvalue weighted by molar-refractivity contribution is 0.0234. The predicted molar refractivity (Wildman–Crippen MR) is 111 cm³/mol. The van der Waals surface area contributed by atoms with E-state index in [9.17, 15) is 0 Å². The van der Waals surface area contributed by atoms with Gasteiger partial charge >= 0.3 is 0 Å². The largest absolute Gasteiger partial charge is 0.381 e. The fourth-order valence-corrected chi connectivity index (χ4v) is 6.13. The van der Waals surface area contributed by atoms with Crippen LogP contribution < -0.4 is 5.32 Å². The zero-order chi connectivity index (χ0) is 18.9. The van der Waals surface area contributed by atoms with E-state index in [1.807, 2.05) is 0 Å². The van der Waals surface area contributed by atoms with Gasteiger partial charge in [0.05, 0.1) is 0 Å². The van der Waals surface area contributed by atoms with Crippen LogP contribution in [0.25, 0.3) is 0 Å². The molecule has 4 saturated heterocycles. The highest BCUT2D eigenvalue weighted by molar-refractivity contribution is 5.22. The van der Waals surface area contributed by atoms with Crippen LogP contribution in [-0.2, 0) is 4.74 Å². The molecule has 5 aliphatic rings. The number of nitrogens with zero attached hydrogens (tertiary/aromatic N) is 3. The molecule has 4 atom stereocenters. The summed E-state index contributed by atoms with van der Waals surface area (Å²) in [6.45, 7) is 7.53. The molecule has 1 aliphatic carbocycles. The number of piperidine rings is 3. The average molecular weight is 385 g/mol. The summed E-state index contributed by atoms with van der Waals surface area (Å²) in [5.41, 5.74) is 2.66. The zero-order valence-corrected chi connectivity index (χ0v) is 17.4. The van der Waals surface area contributed by atoms with Crippen LogP contribution in [0.1, 0.15) is 80.4 Å². The number of hydrogen-bond acceptors (Lipinski definition) is 5. The first-order chi connectivity index (χ1) is 13.8. The van der Waals surface area contributed by atoms with Gasteiger partial charge in [-0.05, 0) is 64.0 Å². The minimum Gasteiger partial charge on any atom is -0.381 e. The van der Waals surface area contributed by atoms with Crippen molar-refractivity contribution in [3.63, 3.8) is 0 Å². The quantitative estimate of drug-likeness (QED) is 0.843. The standard InChI is InChI=1S/C23H36N4O/c1-16-25-22(17-4-2-3-5-17)13-23(26-16)21-15-27-9-6-18(21)12-20(27)14-24-19-7-10-28-11-8-19/h13,17-21,24H,2-12,14-15H2,1H3. The number of aromatic nitrogens is 2. The summed E-state index contributed by atoms with van der Waals surface area (Å²) in [5, 5.41) is 3.84. The molecular weight excluding hydrogens is 348 g/mol. The molecule has 1 saturated carbocycles. The number of fused-ring (bicyclic) bond motifs is 3. The number of nitrogens with one attached hydrogen (secondary N) is 1. The monoisotopic (exact) mass is 384 g/mol. The Morgan fingerprint density at radius 1 is 1.07 bits per heavy atom. The second kappa shape index (κ2) is 8.37. The van der Waals surface area contributed by atoms with Crippen molar-refractivity contribution in [3.8, 4) is 0 Å². The lowest BCUT2D eigenvalue weighted by Crippen LogP contribution is -2.56. The molecule has 1 N–H and O–H groups in total. The molecule has 1 aromatic heterocycles. The first kappa shape index (κ1) is 19.0. The van der Waals surface area contributed by atoms with E-state index in [1.165, 1.54) is 75.8 Å². The van der Waals surface area contributed by atoms with Crippen LogP contribution in [0, 0.1) is 12.8 Å². The predicted octanol–water partition coefficient (Wildman–Crippen LogP) is 3.39. The Morgan fingerprint density at radius 3 is 2.61 bits per heavy atom. The first-order valence-electron chi connectivity index (χ1n) is 11.7. The number of aryl methyl sites for hydroxylation is 1. The van der Waals surface area contributed by atoms with E-state index in [4.69, 9.17) is 14.7 Å². The van der Waals surface area contributed by atoms with Crippen LogP contribution in [0.4, 0.5) is 0 Å². The minimum atomic E-state index is 0.606. The highest BCUT2D eigenvalue weighted by Crippen LogP contribution is 2.42. The van der Waals surface area contributed by atoms with Crippen molar-refractivity contribution in [1.29, 1.82) is 0 Å². The Labute approximate surface area is 169 Å². The molecule has 1 aromatic rings. The maximum atomic E-state index is 5.50. The van der Waals surface area contributed by atoms with Crippen molar-refractivity contribution in [2.45, 2.75) is 82.2 Å². The van der Waals surface area contributed by atoms with Gasteiger partial charge in [0, 0.05) is 61.6 Å². The van der Waals surface area contributed by atoms with Crippen LogP contribution in [-0.4, -0.2) is 59.8 Å². The summed E-state index contributed by atoms with van der Waals surface area (Å²) in [7, 11) is 0. The second-order valence-corrected chi connectivity index (χ2v) is 9.58. The van der Waals surface area contributed by atoms with Crippen molar-refractivity contribution in [3.05, 3.63) is 23.3 Å². The molecule has 4 aliphatic heterocycles. The molecule has 0 spiro atoms. The zero-order valence-electron chi connectivity index (χ0n) is 17.4. The summed E-state index contributed by atoms with van der Waals surface area (Å²) in [4.78, 5) is 12.5. The molecule has 0 amide bonds. The van der Waals surface area contributed by atoms with E-state index in [0.29, 0.717) is 23.9 Å². The molecule has 2 bridgehead atoms. The Morgan fingerprint density at radius 2 is 1.86 bits per heavy atom. The van der Waals surface area contributed by atoms with Crippen LogP contribution in [0.15, 0.2) is 6.07 Å². The van der Waals surface area contributed by atoms with E-state index < -0.39 is 0 Å². The second-order valence-electron chi connectivity index (χ2n) is 9.58. The molecular formula is C23H36N4O. The maximum Gasteiger partial charge on any atom is 0.125 e. The highest BCUT2D eigenvalue weighted by atomic mass is 16.5. The summed E-state index contributed by atoms with van der Waals surface area (Å²) < 4.78 is 5.50. The topological polar surface area (TPSA) is 50.3 Å². The van der Waals surface area contributed by atoms with Gasteiger partial charge in [-0.3, -0.25) is 4.90 Å². The first-order valence-corrected chi connectivity index (χ1v) is 11.7. The van der Waals surface area contributed by atoms with Crippen LogP contribution >= 0.6 is 0 Å². The molecule has 154 valence electrons. The molecule has 4 unspecified atom stereocenters. The number of hydrogen-bond donors (Lipinski definition) is 1. The van der Waals surface area contributed by atoms with Gasteiger partial charge in [0.2, 0.25) is 0 Å². The van der Waals surface area contributed by atoms with E-state index >= 15 is 0 Å². The lowest BCUT2D eigenvalue weighted by atomic mass is 9.74. The fraction of sp³-hybridized carbons (Fsp3) is 0.826. The fourth-order valence-electron chi connectivity index (χ4n) is 6.13. The van der Waals surface area contributed by atoms with Crippen molar-refractivity contribution >= 4 is 0 Å². The van der Waals surface area contributed by atoms with Gasteiger partial charge in [0.1, 0.15) is 5.82 Å². The minimum absolute atomic E-state index is 0.606. The van der Waals surface area contributed by atoms with Gasteiger partial charge in [0.15, 0.2) is 0 Å². The Bertz CT molecular complexity index is 669. The van der Waals surface area contributed by atoms with Gasteiger partial charge in [-0.25, -0.2) is 9.97 Å². The maximum absolute atomic E-state index is 5.50. The van der Waals surface area contributed by atoms with E-state index in [-0.39, 0.29) is 0 Å². The molecule has 28 heavy (non-hydrogen) atoms. The third kappa shape index (κ3) is 3.99. The van der Waals surface area contributed by atoms with Crippen LogP contribution in [0.5, 0.6) is 0 Å². The molecule has 5 nitrogen and oxygen atoms in total. The normalized spacial score (nSPS) is 34.2. The molecule has 5 heteroatoms. The summed E-state index contributed by atoms with van der Waals surface area (Å²) in [5.74, 6) is 3.05. The average Bonchev–Trinajstić information content (AvgIpc) is 3.28. The van der Waals surface area contributed by atoms with Crippen molar-refractivity contribution in [2.24, 2.45) is 5.92 Å². The van der Waals surface area contributed by atoms with Gasteiger partial charge in [-0.1, -0.05) is 12.8 Å². The Kier molecular flexibility index (Phi) is 5.67. The molecule has 0 aromatic carbocycles. The van der Waals surface area contributed by atoms with Crippen LogP contribution in [0.2, 0.25) is 0 Å². The van der Waals surface area contributed by atoms with Gasteiger partial charge in [-0.15, -0.1) is 0 Å². The van der Waals surface area contributed by atoms with Crippen molar-refractivity contribution in [1.82, 2.24) is 20.2 Å². The Balaban J connectivity index is 1.25. The SMILES string of the molecule is Cc1nc(C2CCCC2)cc(C2CN3CCC2CC3CNC2CCOCC2)n1.